The van der Waals surface area contributed by atoms with Crippen molar-refractivity contribution in [2.45, 2.75) is 7.43 Å². The van der Waals surface area contributed by atoms with Gasteiger partial charge in [0.05, 0.1) is 34.1 Å². The molecule has 0 aliphatic heterocycles. The predicted octanol–water partition coefficient (Wildman–Crippen LogP) is -2.07. The molecule has 0 aromatic heterocycles. The van der Waals surface area contributed by atoms with Gasteiger partial charge >= 0.3 is 56.7 Å². The maximum atomic E-state index is 6.77. The van der Waals surface area contributed by atoms with E-state index in [-0.39, 0.29) is 102 Å². The minimum Gasteiger partial charge on any atom is 0 e. The first-order valence-electron chi connectivity index (χ1n) is 8.83. The van der Waals surface area contributed by atoms with E-state index >= 15 is 0 Å². The zero-order valence-electron chi connectivity index (χ0n) is 17.6. The van der Waals surface area contributed by atoms with E-state index in [0.717, 1.165) is 44.1 Å². The molecule has 0 aliphatic rings. The van der Waals surface area contributed by atoms with Crippen LogP contribution >= 0.6 is 11.8 Å². The van der Waals surface area contributed by atoms with Gasteiger partial charge < -0.3 is 34.4 Å². The fourth-order valence-corrected chi connectivity index (χ4v) is 3.24. The van der Waals surface area contributed by atoms with Gasteiger partial charge in [-0.2, -0.15) is 0 Å². The van der Waals surface area contributed by atoms with Gasteiger partial charge in [0.15, 0.2) is 0 Å². The summed E-state index contributed by atoms with van der Waals surface area (Å²) >= 11 is -0.403. The molecule has 0 bridgehead atoms. The van der Waals surface area contributed by atoms with Gasteiger partial charge in [-0.05, 0) is 68.7 Å². The van der Waals surface area contributed by atoms with Crippen LogP contribution in [0.5, 0.6) is 0 Å². The van der Waals surface area contributed by atoms with Crippen LogP contribution in [0.25, 0.3) is 32.3 Å². The van der Waals surface area contributed by atoms with Crippen molar-refractivity contribution in [2.75, 3.05) is 34.4 Å². The molecule has 4 aromatic rings. The smallest absolute Gasteiger partial charge is 0 e. The van der Waals surface area contributed by atoms with Crippen LogP contribution in [0.2, 0.25) is 0 Å². The number of anilines is 6. The van der Waals surface area contributed by atoms with Crippen LogP contribution < -0.4 is 78.1 Å². The fraction of sp³-hybridized carbons (Fsp3) is 0.0526. The third kappa shape index (κ3) is 6.94. The van der Waals surface area contributed by atoms with Crippen LogP contribution in [0, 0.1) is 0 Å². The molecule has 4 rings (SSSR count). The van der Waals surface area contributed by atoms with Crippen LogP contribution in [-0.2, 0) is 51.2 Å². The average Bonchev–Trinajstić information content (AvgIpc) is 2.71. The Morgan fingerprint density at radius 1 is 0.469 bits per heavy atom. The fourth-order valence-electron chi connectivity index (χ4n) is 3.24. The van der Waals surface area contributed by atoms with E-state index < -0.39 is 0 Å². The summed E-state index contributed by atoms with van der Waals surface area (Å²) in [5.41, 5.74) is 39.2. The van der Waals surface area contributed by atoms with Gasteiger partial charge in [-0.25, -0.2) is 0 Å². The normalized spacial score (nSPS) is 11.4. The number of hydrogen-bond donors (Lipinski definition) is 6. The first-order chi connectivity index (χ1) is 14.3. The quantitative estimate of drug-likeness (QED) is 0.0348. The van der Waals surface area contributed by atoms with Crippen molar-refractivity contribution in [2.24, 2.45) is 0 Å². The maximum absolute atomic E-state index is 6.77. The topological polar surface area (TPSA) is 156 Å². The molecule has 13 heteroatoms. The van der Waals surface area contributed by atoms with Gasteiger partial charge in [-0.1, -0.05) is 7.43 Å². The molecule has 32 heavy (non-hydrogen) atoms. The minimum atomic E-state index is -0.201. The summed E-state index contributed by atoms with van der Waals surface area (Å²) in [4.78, 5) is 0. The van der Waals surface area contributed by atoms with E-state index in [1.807, 2.05) is 36.4 Å². The molecule has 0 amide bonds. The molecule has 3 radical (unpaired) electrons. The van der Waals surface area contributed by atoms with E-state index in [1.54, 1.807) is 0 Å². The molecule has 2 unspecified atom stereocenters. The molecule has 2 atom stereocenters. The molecule has 0 saturated carbocycles. The Hall–Kier alpha value is 0.338. The van der Waals surface area contributed by atoms with Gasteiger partial charge in [0, 0.05) is 51.2 Å². The Bertz CT molecular complexity index is 1000. The average molecular weight is 849 g/mol. The number of nitrogens with two attached hydrogens (primary N) is 6. The van der Waals surface area contributed by atoms with Crippen LogP contribution in [0.1, 0.15) is 7.43 Å². The van der Waals surface area contributed by atoms with Crippen molar-refractivity contribution in [1.29, 1.82) is 1.19 Å². The van der Waals surface area contributed by atoms with E-state index in [4.69, 9.17) is 35.6 Å². The zero-order valence-corrected chi connectivity index (χ0v) is 24.7. The van der Waals surface area contributed by atoms with Crippen LogP contribution in [0.3, 0.4) is 0 Å². The number of nitrogen functional groups attached to an aromatic ring is 6. The second-order valence-corrected chi connectivity index (χ2v) is 17.5. The zero-order chi connectivity index (χ0) is 22.0. The minimum absolute atomic E-state index is 0. The summed E-state index contributed by atoms with van der Waals surface area (Å²) in [5, 5.41) is 5.67. The summed E-state index contributed by atoms with van der Waals surface area (Å²) in [6.07, 6.45) is 0. The van der Waals surface area contributed by atoms with Crippen molar-refractivity contribution in [3.05, 3.63) is 36.4 Å². The molecular formula is C19H26Cu3I2N6P2-2. The van der Waals surface area contributed by atoms with E-state index in [2.05, 4.69) is 0 Å². The van der Waals surface area contributed by atoms with Gasteiger partial charge in [0.25, 0.3) is 0 Å². The molecule has 0 heterocycles. The molecule has 0 fully saturated rings. The second kappa shape index (κ2) is 14.7. The third-order valence-electron chi connectivity index (χ3n) is 4.58. The van der Waals surface area contributed by atoms with Crippen LogP contribution in [0.15, 0.2) is 36.4 Å². The molecule has 191 valence electrons. The SMILES string of the molecule is C.Nc1cc2c3cc(N)c(N)cc3c3cc(N)c(N)cc3c2cc1N.[3H][I-]PP[I-][3H].[Cu].[Cu].[Cu]. The summed E-state index contributed by atoms with van der Waals surface area (Å²) in [5.74, 6) is 1.76. The second-order valence-electron chi connectivity index (χ2n) is 6.27. The largest absolute Gasteiger partial charge is 0 e. The molecule has 6 nitrogen and oxygen atoms in total. The molecule has 12 N–H and O–H groups in total. The van der Waals surface area contributed by atoms with Crippen LogP contribution in [0.4, 0.5) is 34.1 Å². The molecular weight excluding hydrogens is 819 g/mol. The van der Waals surface area contributed by atoms with Gasteiger partial charge in [-0.3, -0.25) is 0 Å². The van der Waals surface area contributed by atoms with Crippen molar-refractivity contribution < 1.29 is 94.9 Å². The van der Waals surface area contributed by atoms with E-state index in [1.165, 1.54) is 0 Å². The summed E-state index contributed by atoms with van der Waals surface area (Å²) in [7, 11) is 0. The van der Waals surface area contributed by atoms with E-state index in [9.17, 15) is 0 Å². The summed E-state index contributed by atoms with van der Waals surface area (Å²) in [6, 6.07) is 11.1. The number of rotatable bonds is 3. The first kappa shape index (κ1) is 30.4. The van der Waals surface area contributed by atoms with Gasteiger partial charge in [-0.15, -0.1) is 0 Å². The van der Waals surface area contributed by atoms with Crippen molar-refractivity contribution >= 4 is 78.3 Å². The van der Waals surface area contributed by atoms with Crippen molar-refractivity contribution in [3.63, 3.8) is 0 Å². The number of halogens is 2. The Labute approximate surface area is 250 Å². The number of benzene rings is 4. The predicted molar refractivity (Wildman–Crippen MR) is 132 cm³/mol. The van der Waals surface area contributed by atoms with Gasteiger partial charge in [0.2, 0.25) is 0 Å². The Kier molecular flexibility index (Phi) is 13.9. The Morgan fingerprint density at radius 3 is 0.750 bits per heavy atom. The third-order valence-corrected chi connectivity index (χ3v) is 19.0. The number of fused-ring (bicyclic) bond motifs is 6. The van der Waals surface area contributed by atoms with Crippen molar-refractivity contribution in [1.82, 2.24) is 0 Å². The molecule has 0 aliphatic carbocycles. The Morgan fingerprint density at radius 2 is 0.625 bits per heavy atom. The number of hydrogen-bond acceptors (Lipinski definition) is 6. The standard InChI is InChI=1S/C18H18N6.CH4.3Cu.H4I2P2/c19-13-1-7-8(2-14(13)20)10-4-17(23)18(24)6-12(10)11-5-16(22)15(21)3-9(7)11;;;;;1-3-4-2/h1-6H,19-24H2;1H4;;;;1-4H/q;;;;;-2/i;;;;;1T,2T. The monoisotopic (exact) mass is 847 g/mol. The first-order valence-corrected chi connectivity index (χ1v) is 17.3. The molecule has 4 aromatic carbocycles. The van der Waals surface area contributed by atoms with Crippen molar-refractivity contribution in [3.8, 4) is 0 Å². The van der Waals surface area contributed by atoms with Gasteiger partial charge in [0.1, 0.15) is 0 Å². The summed E-state index contributed by atoms with van der Waals surface area (Å²) < 4.78 is 13.5. The van der Waals surface area contributed by atoms with Crippen LogP contribution in [-0.4, -0.2) is 1.19 Å². The molecule has 0 saturated heterocycles. The van der Waals surface area contributed by atoms with E-state index in [0.29, 0.717) is 34.1 Å². The molecule has 0 spiro atoms. The Balaban J connectivity index is 0. The summed E-state index contributed by atoms with van der Waals surface area (Å²) in [6.45, 7) is 0. The maximum Gasteiger partial charge on any atom is 0 e.